The molecular formula is C72H140O17P2. The minimum Gasteiger partial charge on any atom is -0.462 e. The van der Waals surface area contributed by atoms with Crippen molar-refractivity contribution >= 4 is 39.5 Å². The van der Waals surface area contributed by atoms with Crippen molar-refractivity contribution in [3.8, 4) is 0 Å². The number of rotatable bonds is 69. The van der Waals surface area contributed by atoms with Crippen LogP contribution in [-0.4, -0.2) is 96.7 Å². The van der Waals surface area contributed by atoms with Crippen LogP contribution in [0.5, 0.6) is 0 Å². The maximum absolute atomic E-state index is 13.0. The third-order valence-corrected chi connectivity index (χ3v) is 18.8. The van der Waals surface area contributed by atoms with E-state index in [0.29, 0.717) is 25.7 Å². The normalized spacial score (nSPS) is 14.5. The summed E-state index contributed by atoms with van der Waals surface area (Å²) in [5.74, 6) is 0.878. The van der Waals surface area contributed by atoms with Crippen molar-refractivity contribution in [3.05, 3.63) is 0 Å². The lowest BCUT2D eigenvalue weighted by atomic mass is 10.00. The number of aliphatic hydroxyl groups is 1. The molecule has 3 N–H and O–H groups in total. The Morgan fingerprint density at radius 3 is 0.780 bits per heavy atom. The van der Waals surface area contributed by atoms with Gasteiger partial charge in [-0.05, 0) is 49.4 Å². The van der Waals surface area contributed by atoms with Crippen LogP contribution in [-0.2, 0) is 65.4 Å². The molecule has 0 aromatic rings. The highest BCUT2D eigenvalue weighted by molar-refractivity contribution is 7.47. The van der Waals surface area contributed by atoms with Crippen LogP contribution in [0.4, 0.5) is 0 Å². The maximum atomic E-state index is 13.0. The van der Waals surface area contributed by atoms with E-state index < -0.39 is 97.5 Å². The number of aliphatic hydroxyl groups excluding tert-OH is 1. The summed E-state index contributed by atoms with van der Waals surface area (Å²) in [7, 11) is -9.91. The molecule has 0 aromatic carbocycles. The molecule has 0 aliphatic carbocycles. The smallest absolute Gasteiger partial charge is 0.462 e. The van der Waals surface area contributed by atoms with Crippen LogP contribution in [0.2, 0.25) is 0 Å². The first-order chi connectivity index (χ1) is 43.6. The predicted octanol–water partition coefficient (Wildman–Crippen LogP) is 20.5. The van der Waals surface area contributed by atoms with Crippen molar-refractivity contribution in [1.29, 1.82) is 0 Å². The molecule has 0 aliphatic heterocycles. The Hall–Kier alpha value is -1.94. The molecule has 0 radical (unpaired) electrons. The number of hydrogen-bond acceptors (Lipinski definition) is 15. The fourth-order valence-electron chi connectivity index (χ4n) is 10.8. The zero-order valence-corrected chi connectivity index (χ0v) is 61.3. The molecule has 0 aliphatic rings. The monoisotopic (exact) mass is 1340 g/mol. The van der Waals surface area contributed by atoms with Crippen molar-refractivity contribution in [3.63, 3.8) is 0 Å². The molecule has 19 heteroatoms. The Morgan fingerprint density at radius 1 is 0.308 bits per heavy atom. The lowest BCUT2D eigenvalue weighted by molar-refractivity contribution is -0.161. The van der Waals surface area contributed by atoms with Gasteiger partial charge in [0, 0.05) is 25.7 Å². The van der Waals surface area contributed by atoms with Crippen LogP contribution in [0, 0.1) is 23.7 Å². The molecule has 0 spiro atoms. The second-order valence-corrected chi connectivity index (χ2v) is 30.6. The summed E-state index contributed by atoms with van der Waals surface area (Å²) in [6.45, 7) is 14.1. The first-order valence-corrected chi connectivity index (χ1v) is 40.2. The SMILES string of the molecule is CCC(C)CCCCCCCCC(=O)OC[C@H](COP(=O)(O)OC[C@H](O)COP(=O)(O)OC[C@@H](COC(=O)CCCCCCCCCCCC(C)C)OC(=O)CCCCCCCCCCCC(C)C)OC(=O)CCCCCCCCCCCCCCCCC(C)C. The summed E-state index contributed by atoms with van der Waals surface area (Å²) in [4.78, 5) is 72.6. The number of carbonyl (C=O) groups is 4. The van der Waals surface area contributed by atoms with Crippen LogP contribution < -0.4 is 0 Å². The van der Waals surface area contributed by atoms with Gasteiger partial charge >= 0.3 is 39.5 Å². The average molecular weight is 1340 g/mol. The van der Waals surface area contributed by atoms with Gasteiger partial charge in [-0.15, -0.1) is 0 Å². The van der Waals surface area contributed by atoms with E-state index in [9.17, 15) is 43.2 Å². The van der Waals surface area contributed by atoms with Gasteiger partial charge < -0.3 is 33.8 Å². The third-order valence-electron chi connectivity index (χ3n) is 16.9. The van der Waals surface area contributed by atoms with Crippen LogP contribution >= 0.6 is 15.6 Å². The number of esters is 4. The number of unbranched alkanes of at least 4 members (excludes halogenated alkanes) is 34. The average Bonchev–Trinajstić information content (AvgIpc) is 3.63. The molecule has 91 heavy (non-hydrogen) atoms. The molecule has 0 amide bonds. The van der Waals surface area contributed by atoms with Gasteiger partial charge in [0.1, 0.15) is 19.3 Å². The highest BCUT2D eigenvalue weighted by Crippen LogP contribution is 2.45. The van der Waals surface area contributed by atoms with Gasteiger partial charge in [0.25, 0.3) is 0 Å². The van der Waals surface area contributed by atoms with E-state index in [2.05, 4.69) is 55.4 Å². The number of hydrogen-bond donors (Lipinski definition) is 3. The van der Waals surface area contributed by atoms with Gasteiger partial charge in [-0.1, -0.05) is 306 Å². The fraction of sp³-hybridized carbons (Fsp3) is 0.944. The maximum Gasteiger partial charge on any atom is 0.472 e. The zero-order chi connectivity index (χ0) is 67.5. The fourth-order valence-corrected chi connectivity index (χ4v) is 12.4. The lowest BCUT2D eigenvalue weighted by Gasteiger charge is -2.21. The van der Waals surface area contributed by atoms with E-state index in [1.807, 2.05) is 0 Å². The predicted molar refractivity (Wildman–Crippen MR) is 367 cm³/mol. The minimum atomic E-state index is -4.95. The Balaban J connectivity index is 5.24. The Bertz CT molecular complexity index is 1800. The second kappa shape index (κ2) is 61.6. The third kappa shape index (κ3) is 65.1. The van der Waals surface area contributed by atoms with Crippen molar-refractivity contribution in [2.75, 3.05) is 39.6 Å². The van der Waals surface area contributed by atoms with E-state index in [1.165, 1.54) is 154 Å². The van der Waals surface area contributed by atoms with E-state index in [-0.39, 0.29) is 25.7 Å². The Kier molecular flexibility index (Phi) is 60.3. The topological polar surface area (TPSA) is 237 Å². The van der Waals surface area contributed by atoms with Gasteiger partial charge in [-0.3, -0.25) is 37.3 Å². The molecule has 6 atom stereocenters. The minimum absolute atomic E-state index is 0.104. The molecule has 17 nitrogen and oxygen atoms in total. The molecule has 0 rings (SSSR count). The molecule has 0 heterocycles. The summed E-state index contributed by atoms with van der Waals surface area (Å²) >= 11 is 0. The zero-order valence-electron chi connectivity index (χ0n) is 59.5. The standard InChI is InChI=1S/C72H140O17P2/c1-9-65(8)51-43-35-30-31-37-45-53-70(75)83-59-68(89-71(76)54-46-38-28-21-15-13-11-10-12-14-18-24-32-40-48-62(2)3)61-87-91(80,81)85-57-66(73)56-84-90(78,79)86-60-67(88-72(77)55-47-39-29-23-17-20-26-34-42-50-64(6)7)58-82-69(74)52-44-36-27-22-16-19-25-33-41-49-63(4)5/h62-68,73H,9-61H2,1-8H3,(H,78,79)(H,80,81)/t65?,66-,67-,68-/m1/s1. The Morgan fingerprint density at radius 2 is 0.527 bits per heavy atom. The van der Waals surface area contributed by atoms with Crippen molar-refractivity contribution in [2.24, 2.45) is 23.7 Å². The summed E-state index contributed by atoms with van der Waals surface area (Å²) in [6, 6.07) is 0. The van der Waals surface area contributed by atoms with Gasteiger partial charge in [0.2, 0.25) is 0 Å². The molecule has 0 saturated carbocycles. The van der Waals surface area contributed by atoms with Crippen LogP contribution in [0.1, 0.15) is 357 Å². The van der Waals surface area contributed by atoms with Gasteiger partial charge in [-0.2, -0.15) is 0 Å². The van der Waals surface area contributed by atoms with E-state index in [0.717, 1.165) is 120 Å². The molecule has 540 valence electrons. The van der Waals surface area contributed by atoms with E-state index >= 15 is 0 Å². The van der Waals surface area contributed by atoms with E-state index in [1.54, 1.807) is 0 Å². The van der Waals surface area contributed by atoms with Crippen molar-refractivity contribution < 1.29 is 80.2 Å². The number of phosphoric acid groups is 2. The van der Waals surface area contributed by atoms with Gasteiger partial charge in [-0.25, -0.2) is 9.13 Å². The summed E-state index contributed by atoms with van der Waals surface area (Å²) in [5.41, 5.74) is 0. The lowest BCUT2D eigenvalue weighted by Crippen LogP contribution is -2.30. The van der Waals surface area contributed by atoms with Crippen LogP contribution in [0.15, 0.2) is 0 Å². The largest absolute Gasteiger partial charge is 0.472 e. The first-order valence-electron chi connectivity index (χ1n) is 37.2. The number of ether oxygens (including phenoxy) is 4. The molecule has 0 bridgehead atoms. The quantitative estimate of drug-likeness (QED) is 0.0222. The summed E-state index contributed by atoms with van der Waals surface area (Å²) < 4.78 is 68.4. The number of phosphoric ester groups is 2. The highest BCUT2D eigenvalue weighted by atomic mass is 31.2. The Labute approximate surface area is 556 Å². The van der Waals surface area contributed by atoms with Crippen molar-refractivity contribution in [2.45, 2.75) is 375 Å². The van der Waals surface area contributed by atoms with Gasteiger partial charge in [0.15, 0.2) is 12.2 Å². The van der Waals surface area contributed by atoms with E-state index in [4.69, 9.17) is 37.0 Å². The molecule has 0 aromatic heterocycles. The van der Waals surface area contributed by atoms with Crippen LogP contribution in [0.3, 0.4) is 0 Å². The molecule has 3 unspecified atom stereocenters. The molecule has 0 fully saturated rings. The second-order valence-electron chi connectivity index (χ2n) is 27.6. The van der Waals surface area contributed by atoms with Gasteiger partial charge in [0.05, 0.1) is 26.4 Å². The van der Waals surface area contributed by atoms with Crippen LogP contribution in [0.25, 0.3) is 0 Å². The molecular weight excluding hydrogens is 1200 g/mol. The summed E-state index contributed by atoms with van der Waals surface area (Å²) in [6.07, 6.45) is 44.5. The highest BCUT2D eigenvalue weighted by Gasteiger charge is 2.30. The summed E-state index contributed by atoms with van der Waals surface area (Å²) in [5, 5.41) is 10.6. The molecule has 0 saturated heterocycles. The number of carbonyl (C=O) groups excluding carboxylic acids is 4. The first kappa shape index (κ1) is 89.1. The van der Waals surface area contributed by atoms with Crippen molar-refractivity contribution in [1.82, 2.24) is 0 Å².